The molecule has 4 atom stereocenters. The maximum Gasteiger partial charge on any atom is 0.249 e. The molecule has 5 N–H and O–H groups in total. The van der Waals surface area contributed by atoms with Crippen molar-refractivity contribution >= 4 is 5.91 Å². The van der Waals surface area contributed by atoms with Crippen molar-refractivity contribution in [3.63, 3.8) is 0 Å². The fourth-order valence-corrected chi connectivity index (χ4v) is 3.81. The Balaban J connectivity index is 4.10. The number of carbonyl (C=O) groups excluding carboxylic acids is 1. The molecule has 0 aliphatic carbocycles. The largest absolute Gasteiger partial charge is 0.394 e. The summed E-state index contributed by atoms with van der Waals surface area (Å²) >= 11 is 0. The number of carbonyl (C=O) groups is 1. The summed E-state index contributed by atoms with van der Waals surface area (Å²) in [6.45, 7) is 3.88. The second-order valence-electron chi connectivity index (χ2n) is 9.37. The second kappa shape index (κ2) is 23.5. The molecule has 0 aliphatic rings. The van der Waals surface area contributed by atoms with Crippen LogP contribution in [0.3, 0.4) is 0 Å². The van der Waals surface area contributed by atoms with Crippen LogP contribution in [0, 0.1) is 0 Å². The highest BCUT2D eigenvalue weighted by atomic mass is 16.3. The van der Waals surface area contributed by atoms with Gasteiger partial charge in [0.15, 0.2) is 0 Å². The van der Waals surface area contributed by atoms with E-state index in [1.807, 2.05) is 6.08 Å². The van der Waals surface area contributed by atoms with Crippen LogP contribution in [0.25, 0.3) is 0 Å². The summed E-state index contributed by atoms with van der Waals surface area (Å²) in [6, 6.07) is -1.01. The third kappa shape index (κ3) is 18.2. The van der Waals surface area contributed by atoms with Crippen molar-refractivity contribution in [1.29, 1.82) is 0 Å². The van der Waals surface area contributed by atoms with E-state index in [0.717, 1.165) is 25.7 Å². The summed E-state index contributed by atoms with van der Waals surface area (Å²) in [6.07, 6.45) is 20.8. The lowest BCUT2D eigenvalue weighted by Crippen LogP contribution is -2.53. The first-order chi connectivity index (χ1) is 16.5. The highest BCUT2D eigenvalue weighted by molar-refractivity contribution is 5.80. The Morgan fingerprint density at radius 2 is 1.21 bits per heavy atom. The van der Waals surface area contributed by atoms with Crippen LogP contribution < -0.4 is 5.32 Å². The zero-order valence-corrected chi connectivity index (χ0v) is 21.8. The Morgan fingerprint density at radius 1 is 0.706 bits per heavy atom. The lowest BCUT2D eigenvalue weighted by molar-refractivity contribution is -0.132. The smallest absolute Gasteiger partial charge is 0.249 e. The van der Waals surface area contributed by atoms with Gasteiger partial charge >= 0.3 is 0 Å². The van der Waals surface area contributed by atoms with E-state index < -0.39 is 36.9 Å². The van der Waals surface area contributed by atoms with Gasteiger partial charge in [-0.2, -0.15) is 0 Å². The average Bonchev–Trinajstić information content (AvgIpc) is 2.84. The SMILES string of the molecule is CCCCCC/C=C\CCC(O)C(=O)NC(CO)C(O)C(O)CCC/C=C/CCCCCCC. The van der Waals surface area contributed by atoms with Gasteiger partial charge < -0.3 is 25.7 Å². The molecule has 0 aromatic carbocycles. The van der Waals surface area contributed by atoms with Crippen molar-refractivity contribution in [3.8, 4) is 0 Å². The molecule has 0 aromatic rings. The monoisotopic (exact) mass is 483 g/mol. The van der Waals surface area contributed by atoms with Crippen molar-refractivity contribution < 1.29 is 25.2 Å². The van der Waals surface area contributed by atoms with Gasteiger partial charge in [0.25, 0.3) is 0 Å². The summed E-state index contributed by atoms with van der Waals surface area (Å²) in [7, 11) is 0. The molecule has 0 radical (unpaired) electrons. The first-order valence-electron chi connectivity index (χ1n) is 13.7. The molecule has 0 bridgehead atoms. The van der Waals surface area contributed by atoms with Gasteiger partial charge in [0.2, 0.25) is 5.91 Å². The Morgan fingerprint density at radius 3 is 1.76 bits per heavy atom. The van der Waals surface area contributed by atoms with Crippen molar-refractivity contribution in [2.24, 2.45) is 0 Å². The number of hydrogen-bond acceptors (Lipinski definition) is 5. The Labute approximate surface area is 208 Å². The van der Waals surface area contributed by atoms with Gasteiger partial charge in [0.1, 0.15) is 12.2 Å². The number of unbranched alkanes of at least 4 members (excludes halogenated alkanes) is 10. The summed E-state index contributed by atoms with van der Waals surface area (Å²) in [5, 5.41) is 42.7. The van der Waals surface area contributed by atoms with Gasteiger partial charge in [-0.05, 0) is 57.8 Å². The van der Waals surface area contributed by atoms with Crippen LogP contribution >= 0.6 is 0 Å². The van der Waals surface area contributed by atoms with E-state index in [9.17, 15) is 25.2 Å². The lowest BCUT2D eigenvalue weighted by atomic mass is 10.0. The van der Waals surface area contributed by atoms with Crippen molar-refractivity contribution in [3.05, 3.63) is 24.3 Å². The van der Waals surface area contributed by atoms with Crippen molar-refractivity contribution in [2.75, 3.05) is 6.61 Å². The topological polar surface area (TPSA) is 110 Å². The molecule has 0 rings (SSSR count). The van der Waals surface area contributed by atoms with Gasteiger partial charge in [0.05, 0.1) is 18.8 Å². The first-order valence-corrected chi connectivity index (χ1v) is 13.7. The Hall–Kier alpha value is -1.21. The minimum atomic E-state index is -1.29. The minimum Gasteiger partial charge on any atom is -0.394 e. The number of aliphatic hydroxyl groups is 4. The molecule has 1 amide bonds. The van der Waals surface area contributed by atoms with Gasteiger partial charge in [-0.1, -0.05) is 83.1 Å². The van der Waals surface area contributed by atoms with Gasteiger partial charge in [-0.25, -0.2) is 0 Å². The fraction of sp³-hybridized carbons (Fsp3) is 0.821. The number of nitrogens with one attached hydrogen (secondary N) is 1. The Kier molecular flexibility index (Phi) is 22.7. The highest BCUT2D eigenvalue weighted by Crippen LogP contribution is 2.11. The third-order valence-corrected chi connectivity index (χ3v) is 6.14. The van der Waals surface area contributed by atoms with E-state index in [4.69, 9.17) is 0 Å². The predicted octanol–water partition coefficient (Wildman–Crippen LogP) is 4.94. The molecule has 6 nitrogen and oxygen atoms in total. The van der Waals surface area contributed by atoms with E-state index in [2.05, 4.69) is 37.4 Å². The zero-order valence-electron chi connectivity index (χ0n) is 21.8. The molecule has 0 aromatic heterocycles. The standard InChI is InChI=1S/C28H53NO5/c1-3-5-7-9-11-13-14-16-17-19-21-25(31)27(33)24(23-30)29-28(34)26(32)22-20-18-15-12-10-8-6-4-2/h14-16,18,24-27,30-33H,3-13,17,19-23H2,1-2H3,(H,29,34)/b16-14+,18-15-. The number of amides is 1. The highest BCUT2D eigenvalue weighted by Gasteiger charge is 2.28. The molecule has 0 saturated heterocycles. The summed E-state index contributed by atoms with van der Waals surface area (Å²) < 4.78 is 0. The quantitative estimate of drug-likeness (QED) is 0.104. The molecule has 0 heterocycles. The maximum atomic E-state index is 12.2. The number of hydrogen-bond donors (Lipinski definition) is 5. The van der Waals surface area contributed by atoms with Crippen LogP contribution in [-0.2, 0) is 4.79 Å². The van der Waals surface area contributed by atoms with Crippen LogP contribution in [0.2, 0.25) is 0 Å². The summed E-state index contributed by atoms with van der Waals surface area (Å²) in [4.78, 5) is 12.2. The third-order valence-electron chi connectivity index (χ3n) is 6.14. The summed E-state index contributed by atoms with van der Waals surface area (Å²) in [5.41, 5.74) is 0. The molecule has 0 aliphatic heterocycles. The molecular formula is C28H53NO5. The summed E-state index contributed by atoms with van der Waals surface area (Å²) in [5.74, 6) is -0.636. The molecule has 0 fully saturated rings. The average molecular weight is 484 g/mol. The first kappa shape index (κ1) is 32.8. The number of allylic oxidation sites excluding steroid dienone is 4. The van der Waals surface area contributed by atoms with Gasteiger partial charge in [-0.15, -0.1) is 0 Å². The molecule has 4 unspecified atom stereocenters. The molecule has 0 saturated carbocycles. The van der Waals surface area contributed by atoms with Crippen LogP contribution in [0.1, 0.15) is 117 Å². The van der Waals surface area contributed by atoms with Crippen LogP contribution in [0.15, 0.2) is 24.3 Å². The van der Waals surface area contributed by atoms with E-state index >= 15 is 0 Å². The van der Waals surface area contributed by atoms with Crippen molar-refractivity contribution in [1.82, 2.24) is 5.32 Å². The van der Waals surface area contributed by atoms with E-state index in [1.165, 1.54) is 51.4 Å². The van der Waals surface area contributed by atoms with Gasteiger partial charge in [0, 0.05) is 0 Å². The van der Waals surface area contributed by atoms with E-state index in [-0.39, 0.29) is 6.42 Å². The number of aliphatic hydroxyl groups excluding tert-OH is 4. The molecule has 200 valence electrons. The maximum absolute atomic E-state index is 12.2. The fourth-order valence-electron chi connectivity index (χ4n) is 3.81. The predicted molar refractivity (Wildman–Crippen MR) is 141 cm³/mol. The van der Waals surface area contributed by atoms with Crippen LogP contribution in [0.5, 0.6) is 0 Å². The van der Waals surface area contributed by atoms with E-state index in [0.29, 0.717) is 19.3 Å². The molecular weight excluding hydrogens is 430 g/mol. The van der Waals surface area contributed by atoms with E-state index in [1.54, 1.807) is 0 Å². The lowest BCUT2D eigenvalue weighted by Gasteiger charge is -2.27. The Bertz CT molecular complexity index is 523. The zero-order chi connectivity index (χ0) is 25.4. The number of rotatable bonds is 23. The second-order valence-corrected chi connectivity index (χ2v) is 9.37. The van der Waals surface area contributed by atoms with Crippen LogP contribution in [0.4, 0.5) is 0 Å². The molecule has 34 heavy (non-hydrogen) atoms. The molecule has 0 spiro atoms. The molecule has 6 heteroatoms. The van der Waals surface area contributed by atoms with Crippen LogP contribution in [-0.4, -0.2) is 57.3 Å². The minimum absolute atomic E-state index is 0.277. The van der Waals surface area contributed by atoms with Gasteiger partial charge in [-0.3, -0.25) is 4.79 Å². The van der Waals surface area contributed by atoms with Crippen molar-refractivity contribution in [2.45, 2.75) is 141 Å². The normalized spacial score (nSPS) is 15.6.